The third-order valence-corrected chi connectivity index (χ3v) is 10.4. The van der Waals surface area contributed by atoms with Crippen molar-refractivity contribution in [1.29, 1.82) is 0 Å². The van der Waals surface area contributed by atoms with Crippen molar-refractivity contribution in [3.63, 3.8) is 0 Å². The van der Waals surface area contributed by atoms with Gasteiger partial charge < -0.3 is 24.1 Å². The van der Waals surface area contributed by atoms with Crippen LogP contribution in [0.25, 0.3) is 0 Å². The second-order valence-corrected chi connectivity index (χ2v) is 12.7. The van der Waals surface area contributed by atoms with Crippen molar-refractivity contribution < 1.29 is 43.2 Å². The van der Waals surface area contributed by atoms with Crippen molar-refractivity contribution in [2.75, 3.05) is 6.61 Å². The molecule has 0 aliphatic heterocycles. The Kier molecular flexibility index (Phi) is 8.23. The predicted octanol–water partition coefficient (Wildman–Crippen LogP) is 4.04. The molecule has 0 aromatic rings. The smallest absolute Gasteiger partial charge is 0.303 e. The number of hydrogen-bond acceptors (Lipinski definition) is 9. The summed E-state index contributed by atoms with van der Waals surface area (Å²) in [4.78, 5) is 47.1. The lowest BCUT2D eigenvalue weighted by Gasteiger charge is -2.59. The van der Waals surface area contributed by atoms with Gasteiger partial charge in [0.25, 0.3) is 0 Å². The van der Waals surface area contributed by atoms with E-state index in [-0.39, 0.29) is 42.4 Å². The minimum absolute atomic E-state index is 0.00458. The standard InChI is InChI=1S/C30H44O9/c1-17(31)36-16-23(38-19(3)33)15-30(35)27(39-20(4)34)14-26-24-8-7-21-13-22(37-18(2)32)9-11-28(21,5)25(24)10-12-29(26,30)6/h7,22-27,35H,8-16H2,1-6H3/t22-,23?,24?,25?,26?,27+,28-,29-,30+/m0/s1. The Bertz CT molecular complexity index is 1040. The van der Waals surface area contributed by atoms with Gasteiger partial charge in [0, 0.05) is 46.0 Å². The molecule has 3 fully saturated rings. The summed E-state index contributed by atoms with van der Waals surface area (Å²) in [5.41, 5.74) is -0.703. The summed E-state index contributed by atoms with van der Waals surface area (Å²) in [5, 5.41) is 12.4. The molecule has 0 aromatic carbocycles. The van der Waals surface area contributed by atoms with Crippen LogP contribution in [0.5, 0.6) is 0 Å². The number of allylic oxidation sites excluding steroid dienone is 1. The quantitative estimate of drug-likeness (QED) is 0.285. The van der Waals surface area contributed by atoms with E-state index in [1.54, 1.807) is 0 Å². The zero-order valence-electron chi connectivity index (χ0n) is 24.1. The van der Waals surface area contributed by atoms with Gasteiger partial charge in [-0.1, -0.05) is 25.5 Å². The van der Waals surface area contributed by atoms with Crippen molar-refractivity contribution in [1.82, 2.24) is 0 Å². The molecule has 3 saturated carbocycles. The lowest BCUT2D eigenvalue weighted by Crippen LogP contribution is -2.58. The molecule has 218 valence electrons. The van der Waals surface area contributed by atoms with E-state index in [9.17, 15) is 24.3 Å². The van der Waals surface area contributed by atoms with E-state index in [0.29, 0.717) is 12.3 Å². The van der Waals surface area contributed by atoms with Gasteiger partial charge in [0.1, 0.15) is 30.5 Å². The first-order valence-electron chi connectivity index (χ1n) is 14.3. The van der Waals surface area contributed by atoms with Gasteiger partial charge in [-0.15, -0.1) is 0 Å². The third kappa shape index (κ3) is 5.48. The maximum atomic E-state index is 12.4. The highest BCUT2D eigenvalue weighted by atomic mass is 16.6. The topological polar surface area (TPSA) is 125 Å². The average molecular weight is 549 g/mol. The molecular formula is C30H44O9. The lowest BCUT2D eigenvalue weighted by atomic mass is 9.46. The minimum atomic E-state index is -1.47. The maximum Gasteiger partial charge on any atom is 0.303 e. The molecule has 39 heavy (non-hydrogen) atoms. The van der Waals surface area contributed by atoms with Crippen molar-refractivity contribution in [2.24, 2.45) is 28.6 Å². The summed E-state index contributed by atoms with van der Waals surface area (Å²) < 4.78 is 22.0. The van der Waals surface area contributed by atoms with Gasteiger partial charge in [-0.3, -0.25) is 19.2 Å². The monoisotopic (exact) mass is 548 g/mol. The molecule has 0 amide bonds. The SMILES string of the molecule is CC(=O)OCC(C[C@@]1(O)[C@H](OC(C)=O)CC2C3CC=C4C[C@@H](OC(C)=O)CC[C@]4(C)C3CC[C@@]21C)OC(C)=O. The molecule has 0 spiro atoms. The number of aliphatic hydroxyl groups is 1. The van der Waals surface area contributed by atoms with Crippen LogP contribution in [-0.2, 0) is 38.1 Å². The van der Waals surface area contributed by atoms with Crippen LogP contribution in [0, 0.1) is 28.6 Å². The largest absolute Gasteiger partial charge is 0.462 e. The van der Waals surface area contributed by atoms with Gasteiger partial charge >= 0.3 is 23.9 Å². The van der Waals surface area contributed by atoms with Crippen molar-refractivity contribution in [3.8, 4) is 0 Å². The molecule has 9 heteroatoms. The fraction of sp³-hybridized carbons (Fsp3) is 0.800. The highest BCUT2D eigenvalue weighted by Gasteiger charge is 2.68. The van der Waals surface area contributed by atoms with Crippen molar-refractivity contribution >= 4 is 23.9 Å². The van der Waals surface area contributed by atoms with E-state index in [1.807, 2.05) is 0 Å². The van der Waals surface area contributed by atoms with Crippen LogP contribution in [0.15, 0.2) is 11.6 Å². The fourth-order valence-corrected chi connectivity index (χ4v) is 8.69. The Hall–Kier alpha value is -2.42. The molecule has 0 heterocycles. The van der Waals surface area contributed by atoms with Crippen LogP contribution in [0.4, 0.5) is 0 Å². The van der Waals surface area contributed by atoms with Gasteiger partial charge in [-0.05, 0) is 61.7 Å². The molecule has 0 radical (unpaired) electrons. The number of fused-ring (bicyclic) bond motifs is 5. The molecule has 9 atom stereocenters. The highest BCUT2D eigenvalue weighted by Crippen LogP contribution is 2.68. The van der Waals surface area contributed by atoms with Gasteiger partial charge in [0.15, 0.2) is 0 Å². The summed E-state index contributed by atoms with van der Waals surface area (Å²) in [6.07, 6.45) is 6.16. The van der Waals surface area contributed by atoms with Crippen molar-refractivity contribution in [3.05, 3.63) is 11.6 Å². The third-order valence-electron chi connectivity index (χ3n) is 10.4. The van der Waals surface area contributed by atoms with E-state index < -0.39 is 41.1 Å². The zero-order chi connectivity index (χ0) is 28.8. The normalized spacial score (nSPS) is 39.7. The summed E-state index contributed by atoms with van der Waals surface area (Å²) in [6, 6.07) is 0. The number of carbonyl (C=O) groups is 4. The predicted molar refractivity (Wildman–Crippen MR) is 140 cm³/mol. The van der Waals surface area contributed by atoms with Gasteiger partial charge in [0.2, 0.25) is 0 Å². The Morgan fingerprint density at radius 3 is 2.26 bits per heavy atom. The van der Waals surface area contributed by atoms with Crippen molar-refractivity contribution in [2.45, 2.75) is 117 Å². The molecule has 4 aliphatic rings. The average Bonchev–Trinajstić information content (AvgIpc) is 3.03. The summed E-state index contributed by atoms with van der Waals surface area (Å²) in [7, 11) is 0. The molecule has 1 N–H and O–H groups in total. The highest BCUT2D eigenvalue weighted by molar-refractivity contribution is 5.67. The van der Waals surface area contributed by atoms with Crippen LogP contribution in [0.1, 0.15) is 92.9 Å². The molecule has 4 aliphatic carbocycles. The minimum Gasteiger partial charge on any atom is -0.462 e. The molecule has 4 unspecified atom stereocenters. The molecule has 0 bridgehead atoms. The zero-order valence-corrected chi connectivity index (χ0v) is 24.1. The van der Waals surface area contributed by atoms with Crippen LogP contribution < -0.4 is 0 Å². The van der Waals surface area contributed by atoms with E-state index in [4.69, 9.17) is 18.9 Å². The second kappa shape index (κ2) is 10.9. The number of ether oxygens (including phenoxy) is 4. The Balaban J connectivity index is 1.64. The first-order valence-corrected chi connectivity index (χ1v) is 14.3. The number of hydrogen-bond donors (Lipinski definition) is 1. The number of carbonyl (C=O) groups excluding carboxylic acids is 4. The lowest BCUT2D eigenvalue weighted by molar-refractivity contribution is -0.195. The maximum absolute atomic E-state index is 12.4. The molecule has 0 saturated heterocycles. The Morgan fingerprint density at radius 1 is 0.949 bits per heavy atom. The van der Waals surface area contributed by atoms with E-state index >= 15 is 0 Å². The summed E-state index contributed by atoms with van der Waals surface area (Å²) >= 11 is 0. The van der Waals surface area contributed by atoms with Crippen LogP contribution in [0.3, 0.4) is 0 Å². The molecule has 4 rings (SSSR count). The first kappa shape index (κ1) is 29.6. The van der Waals surface area contributed by atoms with Gasteiger partial charge in [-0.25, -0.2) is 0 Å². The molecule has 0 aromatic heterocycles. The van der Waals surface area contributed by atoms with Gasteiger partial charge in [-0.2, -0.15) is 0 Å². The molecule has 9 nitrogen and oxygen atoms in total. The Labute approximate surface area is 231 Å². The molecular weight excluding hydrogens is 504 g/mol. The van der Waals surface area contributed by atoms with E-state index in [0.717, 1.165) is 38.5 Å². The van der Waals surface area contributed by atoms with Gasteiger partial charge in [0.05, 0.1) is 0 Å². The number of rotatable bonds is 7. The first-order chi connectivity index (χ1) is 18.2. The second-order valence-electron chi connectivity index (χ2n) is 12.7. The Morgan fingerprint density at radius 2 is 1.64 bits per heavy atom. The van der Waals surface area contributed by atoms with E-state index in [1.165, 1.54) is 33.3 Å². The number of esters is 4. The van der Waals surface area contributed by atoms with Crippen LogP contribution >= 0.6 is 0 Å². The van der Waals surface area contributed by atoms with Crippen LogP contribution in [0.2, 0.25) is 0 Å². The van der Waals surface area contributed by atoms with E-state index in [2.05, 4.69) is 19.9 Å². The summed E-state index contributed by atoms with van der Waals surface area (Å²) in [5.74, 6) is -0.983. The fourth-order valence-electron chi connectivity index (χ4n) is 8.69. The van der Waals surface area contributed by atoms with Crippen LogP contribution in [-0.4, -0.2) is 59.5 Å². The summed E-state index contributed by atoms with van der Waals surface area (Å²) in [6.45, 7) is 9.59.